The van der Waals surface area contributed by atoms with Crippen molar-refractivity contribution in [2.24, 2.45) is 11.3 Å². The lowest BCUT2D eigenvalue weighted by Gasteiger charge is -2.46. The number of carbonyl (C=O) groups is 2. The molecule has 2 amide bonds. The molecule has 28 heavy (non-hydrogen) atoms. The number of rotatable bonds is 4. The van der Waals surface area contributed by atoms with Crippen molar-refractivity contribution in [3.8, 4) is 5.75 Å². The van der Waals surface area contributed by atoms with Gasteiger partial charge in [-0.2, -0.15) is 0 Å². The quantitative estimate of drug-likeness (QED) is 0.826. The van der Waals surface area contributed by atoms with Crippen molar-refractivity contribution < 1.29 is 23.5 Å². The lowest BCUT2D eigenvalue weighted by molar-refractivity contribution is -0.143. The number of likely N-dealkylation sites (tertiary alicyclic amines) is 1. The molecule has 4 rings (SSSR count). The zero-order valence-electron chi connectivity index (χ0n) is 15.8. The molecule has 1 spiro atoms. The Morgan fingerprint density at radius 3 is 2.71 bits per heavy atom. The lowest BCUT2D eigenvalue weighted by Crippen LogP contribution is -2.59. The van der Waals surface area contributed by atoms with Gasteiger partial charge in [0.15, 0.2) is 0 Å². The number of carbonyl (C=O) groups excluding carboxylic acids is 2. The smallest absolute Gasteiger partial charge is 0.407 e. The van der Waals surface area contributed by atoms with Gasteiger partial charge in [0.25, 0.3) is 0 Å². The van der Waals surface area contributed by atoms with Crippen molar-refractivity contribution in [3.63, 3.8) is 0 Å². The number of amides is 2. The van der Waals surface area contributed by atoms with Crippen LogP contribution in [0.1, 0.15) is 32.6 Å². The van der Waals surface area contributed by atoms with Crippen molar-refractivity contribution in [1.29, 1.82) is 0 Å². The number of piperidine rings is 1. The van der Waals surface area contributed by atoms with Gasteiger partial charge in [0.2, 0.25) is 5.91 Å². The zero-order valence-corrected chi connectivity index (χ0v) is 16.6. The topological polar surface area (TPSA) is 67.9 Å². The van der Waals surface area contributed by atoms with Crippen molar-refractivity contribution in [2.45, 2.75) is 38.1 Å². The second kappa shape index (κ2) is 7.10. The van der Waals surface area contributed by atoms with Crippen LogP contribution in [0.15, 0.2) is 18.2 Å². The maximum Gasteiger partial charge on any atom is 0.407 e. The van der Waals surface area contributed by atoms with E-state index in [2.05, 4.69) is 12.2 Å². The van der Waals surface area contributed by atoms with Gasteiger partial charge in [-0.25, -0.2) is 9.18 Å². The molecule has 1 aliphatic carbocycles. The molecule has 0 bridgehead atoms. The molecule has 1 aromatic carbocycles. The Hall–Kier alpha value is -2.02. The Morgan fingerprint density at radius 1 is 1.39 bits per heavy atom. The fourth-order valence-corrected chi connectivity index (χ4v) is 4.51. The summed E-state index contributed by atoms with van der Waals surface area (Å²) >= 11 is 6.02. The minimum Gasteiger partial charge on any atom is -0.491 e. The van der Waals surface area contributed by atoms with E-state index in [9.17, 15) is 14.0 Å². The van der Waals surface area contributed by atoms with Gasteiger partial charge in [0.05, 0.1) is 17.2 Å². The number of halogens is 2. The highest BCUT2D eigenvalue weighted by atomic mass is 35.5. The van der Waals surface area contributed by atoms with Crippen LogP contribution < -0.4 is 10.1 Å². The fraction of sp³-hybridized carbons (Fsp3) is 0.600. The predicted molar refractivity (Wildman–Crippen MR) is 101 cm³/mol. The van der Waals surface area contributed by atoms with Gasteiger partial charge < -0.3 is 19.7 Å². The molecule has 3 aliphatic rings. The van der Waals surface area contributed by atoms with E-state index in [0.29, 0.717) is 44.9 Å². The summed E-state index contributed by atoms with van der Waals surface area (Å²) in [4.78, 5) is 25.9. The first-order chi connectivity index (χ1) is 13.3. The standard InChI is InChI=1S/C20H24ClFN2O4/c1-19(11-27-16-3-2-14(22)8-15(16)21)4-6-24(7-5-19)17(25)13-9-20(10-13)12-28-18(26)23-20/h2-3,8,13H,4-7,9-12H2,1H3,(H,23,26)/t13-,20-. The summed E-state index contributed by atoms with van der Waals surface area (Å²) in [6.45, 7) is 4.33. The summed E-state index contributed by atoms with van der Waals surface area (Å²) in [5, 5.41) is 3.09. The van der Waals surface area contributed by atoms with Gasteiger partial charge in [-0.1, -0.05) is 18.5 Å². The second-order valence-electron chi connectivity index (χ2n) is 8.59. The summed E-state index contributed by atoms with van der Waals surface area (Å²) in [5.74, 6) is 0.206. The predicted octanol–water partition coefficient (Wildman–Crippen LogP) is 3.38. The molecule has 1 saturated carbocycles. The van der Waals surface area contributed by atoms with Gasteiger partial charge in [0.1, 0.15) is 18.2 Å². The molecule has 0 atom stereocenters. The number of alkyl carbamates (subject to hydrolysis) is 1. The normalized spacial score (nSPS) is 28.5. The van der Waals surface area contributed by atoms with Crippen LogP contribution in [0.25, 0.3) is 0 Å². The second-order valence-corrected chi connectivity index (χ2v) is 8.99. The van der Waals surface area contributed by atoms with Crippen LogP contribution in [-0.2, 0) is 9.53 Å². The molecule has 0 unspecified atom stereocenters. The van der Waals surface area contributed by atoms with E-state index in [0.717, 1.165) is 12.8 Å². The Bertz CT molecular complexity index is 788. The van der Waals surface area contributed by atoms with Crippen molar-refractivity contribution >= 4 is 23.6 Å². The summed E-state index contributed by atoms with van der Waals surface area (Å²) in [6, 6.07) is 4.11. The highest BCUT2D eigenvalue weighted by molar-refractivity contribution is 6.32. The number of nitrogens with zero attached hydrogens (tertiary/aromatic N) is 1. The van der Waals surface area contributed by atoms with Crippen LogP contribution in [0.2, 0.25) is 5.02 Å². The molecule has 152 valence electrons. The average Bonchev–Trinajstić information content (AvgIpc) is 3.02. The summed E-state index contributed by atoms with van der Waals surface area (Å²) in [5.41, 5.74) is -0.396. The largest absolute Gasteiger partial charge is 0.491 e. The number of hydrogen-bond donors (Lipinski definition) is 1. The molecule has 0 aromatic heterocycles. The molecule has 6 nitrogen and oxygen atoms in total. The van der Waals surface area contributed by atoms with Crippen LogP contribution in [0.3, 0.4) is 0 Å². The molecule has 3 fully saturated rings. The van der Waals surface area contributed by atoms with E-state index in [-0.39, 0.29) is 33.9 Å². The third-order valence-corrected chi connectivity index (χ3v) is 6.52. The summed E-state index contributed by atoms with van der Waals surface area (Å²) in [7, 11) is 0. The Morgan fingerprint density at radius 2 is 2.11 bits per heavy atom. The molecular weight excluding hydrogens is 387 g/mol. The van der Waals surface area contributed by atoms with Gasteiger partial charge in [-0.15, -0.1) is 0 Å². The van der Waals surface area contributed by atoms with Gasteiger partial charge in [0, 0.05) is 24.4 Å². The monoisotopic (exact) mass is 410 g/mol. The van der Waals surface area contributed by atoms with Crippen LogP contribution in [0.4, 0.5) is 9.18 Å². The SMILES string of the molecule is CC1(COc2ccc(F)cc2Cl)CCN(C(=O)[C@H]2C[C@@]3(COC(=O)N3)C2)CC1. The van der Waals surface area contributed by atoms with E-state index in [1.54, 1.807) is 0 Å². The zero-order chi connectivity index (χ0) is 19.9. The van der Waals surface area contributed by atoms with Crippen LogP contribution in [0, 0.1) is 17.2 Å². The van der Waals surface area contributed by atoms with E-state index < -0.39 is 5.82 Å². The Balaban J connectivity index is 1.26. The number of ether oxygens (including phenoxy) is 2. The maximum absolute atomic E-state index is 13.1. The van der Waals surface area contributed by atoms with Gasteiger partial charge in [-0.05, 0) is 43.9 Å². The van der Waals surface area contributed by atoms with E-state index in [1.165, 1.54) is 18.2 Å². The first-order valence-electron chi connectivity index (χ1n) is 9.59. The Labute approximate surface area is 168 Å². The first-order valence-corrected chi connectivity index (χ1v) is 9.97. The van der Waals surface area contributed by atoms with Crippen LogP contribution in [0.5, 0.6) is 5.75 Å². The molecule has 1 N–H and O–H groups in total. The average molecular weight is 411 g/mol. The van der Waals surface area contributed by atoms with Gasteiger partial charge in [-0.3, -0.25) is 4.79 Å². The fourth-order valence-electron chi connectivity index (χ4n) is 4.28. The highest BCUT2D eigenvalue weighted by Crippen LogP contribution is 2.42. The third-order valence-electron chi connectivity index (χ3n) is 6.22. The summed E-state index contributed by atoms with van der Waals surface area (Å²) < 4.78 is 23.9. The van der Waals surface area contributed by atoms with E-state index in [1.807, 2.05) is 4.90 Å². The minimum absolute atomic E-state index is 0.0411. The number of cyclic esters (lactones) is 1. The summed E-state index contributed by atoms with van der Waals surface area (Å²) in [6.07, 6.45) is 2.57. The minimum atomic E-state index is -0.392. The van der Waals surface area contributed by atoms with E-state index in [4.69, 9.17) is 21.1 Å². The van der Waals surface area contributed by atoms with Crippen LogP contribution in [-0.4, -0.2) is 48.7 Å². The molecule has 2 saturated heterocycles. The van der Waals surface area contributed by atoms with Crippen molar-refractivity contribution in [2.75, 3.05) is 26.3 Å². The third kappa shape index (κ3) is 3.77. The molecule has 2 aliphatic heterocycles. The lowest BCUT2D eigenvalue weighted by atomic mass is 9.68. The molecule has 0 radical (unpaired) electrons. The highest BCUT2D eigenvalue weighted by Gasteiger charge is 2.53. The molecular formula is C20H24ClFN2O4. The number of hydrogen-bond acceptors (Lipinski definition) is 4. The van der Waals surface area contributed by atoms with Crippen molar-refractivity contribution in [1.82, 2.24) is 10.2 Å². The van der Waals surface area contributed by atoms with Crippen LogP contribution >= 0.6 is 11.6 Å². The molecule has 8 heteroatoms. The van der Waals surface area contributed by atoms with E-state index >= 15 is 0 Å². The number of nitrogens with one attached hydrogen (secondary N) is 1. The van der Waals surface area contributed by atoms with Crippen molar-refractivity contribution in [3.05, 3.63) is 29.0 Å². The molecule has 1 aromatic rings. The maximum atomic E-state index is 13.1. The first kappa shape index (κ1) is 19.3. The Kier molecular flexibility index (Phi) is 4.89. The van der Waals surface area contributed by atoms with Gasteiger partial charge >= 0.3 is 6.09 Å². The molecule has 2 heterocycles. The number of benzene rings is 1.